The molecule has 0 saturated carbocycles. The number of benzene rings is 1. The van der Waals surface area contributed by atoms with E-state index in [-0.39, 0.29) is 19.0 Å². The summed E-state index contributed by atoms with van der Waals surface area (Å²) < 4.78 is 5.05. The summed E-state index contributed by atoms with van der Waals surface area (Å²) in [5, 5.41) is 18.9. The number of nitrogens with zero attached hydrogens (tertiary/aromatic N) is 1. The predicted octanol–water partition coefficient (Wildman–Crippen LogP) is 0.0106. The van der Waals surface area contributed by atoms with Gasteiger partial charge in [0.15, 0.2) is 0 Å². The molecule has 1 aromatic rings. The molecule has 1 fully saturated rings. The molecule has 1 aliphatic rings. The van der Waals surface area contributed by atoms with Gasteiger partial charge in [0, 0.05) is 25.8 Å². The molecule has 0 aliphatic carbocycles. The monoisotopic (exact) mass is 251 g/mol. The van der Waals surface area contributed by atoms with Gasteiger partial charge in [-0.2, -0.15) is 0 Å². The number of hydrogen-bond acceptors (Lipinski definition) is 4. The van der Waals surface area contributed by atoms with E-state index < -0.39 is 12.2 Å². The molecule has 5 heteroatoms. The SMILES string of the molecule is COCc1ccccc1C(=O)N1C[C@@H](O)[C@@H](O)C1. The van der Waals surface area contributed by atoms with Crippen LogP contribution >= 0.6 is 0 Å². The van der Waals surface area contributed by atoms with Crippen molar-refractivity contribution in [3.05, 3.63) is 35.4 Å². The van der Waals surface area contributed by atoms with Crippen LogP contribution in [-0.4, -0.2) is 53.4 Å². The fourth-order valence-corrected chi connectivity index (χ4v) is 2.12. The number of likely N-dealkylation sites (tertiary alicyclic amines) is 1. The molecule has 2 N–H and O–H groups in total. The number of carbonyl (C=O) groups excluding carboxylic acids is 1. The lowest BCUT2D eigenvalue weighted by molar-refractivity contribution is 0.0572. The molecule has 0 aromatic heterocycles. The Hall–Kier alpha value is -1.43. The second-order valence-corrected chi connectivity index (χ2v) is 4.43. The van der Waals surface area contributed by atoms with Gasteiger partial charge in [0.2, 0.25) is 0 Å². The van der Waals surface area contributed by atoms with Gasteiger partial charge in [0.05, 0.1) is 18.8 Å². The van der Waals surface area contributed by atoms with Gasteiger partial charge in [0.1, 0.15) is 0 Å². The Morgan fingerprint density at radius 2 is 1.94 bits per heavy atom. The van der Waals surface area contributed by atoms with Crippen molar-refractivity contribution in [1.29, 1.82) is 0 Å². The Morgan fingerprint density at radius 1 is 1.33 bits per heavy atom. The quantitative estimate of drug-likeness (QED) is 0.794. The average molecular weight is 251 g/mol. The maximum Gasteiger partial charge on any atom is 0.254 e. The second-order valence-electron chi connectivity index (χ2n) is 4.43. The first kappa shape index (κ1) is 13.0. The van der Waals surface area contributed by atoms with Crippen LogP contribution in [0.4, 0.5) is 0 Å². The minimum Gasteiger partial charge on any atom is -0.388 e. The molecule has 5 nitrogen and oxygen atoms in total. The number of β-amino-alcohol motifs (C(OH)–C–C–N with tert-alkyl or cyclic N) is 2. The van der Waals surface area contributed by atoms with E-state index in [0.717, 1.165) is 5.56 Å². The van der Waals surface area contributed by atoms with Crippen LogP contribution in [0.1, 0.15) is 15.9 Å². The maximum atomic E-state index is 12.3. The smallest absolute Gasteiger partial charge is 0.254 e. The summed E-state index contributed by atoms with van der Waals surface area (Å²) in [6, 6.07) is 7.20. The van der Waals surface area contributed by atoms with Gasteiger partial charge in [-0.3, -0.25) is 4.79 Å². The maximum absolute atomic E-state index is 12.3. The molecule has 1 saturated heterocycles. The molecule has 2 atom stereocenters. The molecular formula is C13H17NO4. The minimum atomic E-state index is -0.858. The summed E-state index contributed by atoms with van der Waals surface area (Å²) >= 11 is 0. The topological polar surface area (TPSA) is 70.0 Å². The Balaban J connectivity index is 2.19. The predicted molar refractivity (Wildman–Crippen MR) is 65.1 cm³/mol. The fraction of sp³-hybridized carbons (Fsp3) is 0.462. The van der Waals surface area contributed by atoms with Crippen molar-refractivity contribution in [1.82, 2.24) is 4.90 Å². The molecule has 0 spiro atoms. The van der Waals surface area contributed by atoms with Crippen LogP contribution in [0, 0.1) is 0 Å². The molecular weight excluding hydrogens is 234 g/mol. The van der Waals surface area contributed by atoms with Crippen molar-refractivity contribution in [2.45, 2.75) is 18.8 Å². The van der Waals surface area contributed by atoms with E-state index in [2.05, 4.69) is 0 Å². The minimum absolute atomic E-state index is 0.168. The summed E-state index contributed by atoms with van der Waals surface area (Å²) in [5.74, 6) is -0.182. The van der Waals surface area contributed by atoms with Crippen molar-refractivity contribution in [2.75, 3.05) is 20.2 Å². The van der Waals surface area contributed by atoms with Gasteiger partial charge in [-0.25, -0.2) is 0 Å². The molecule has 1 aromatic carbocycles. The van der Waals surface area contributed by atoms with Crippen LogP contribution in [0.3, 0.4) is 0 Å². The summed E-state index contributed by atoms with van der Waals surface area (Å²) in [7, 11) is 1.57. The van der Waals surface area contributed by atoms with E-state index >= 15 is 0 Å². The van der Waals surface area contributed by atoms with E-state index in [1.165, 1.54) is 4.90 Å². The molecule has 0 unspecified atom stereocenters. The molecule has 0 radical (unpaired) electrons. The Kier molecular flexibility index (Phi) is 3.96. The number of carbonyl (C=O) groups is 1. The highest BCUT2D eigenvalue weighted by Gasteiger charge is 2.33. The summed E-state index contributed by atoms with van der Waals surface area (Å²) in [6.07, 6.45) is -1.72. The third-order valence-corrected chi connectivity index (χ3v) is 3.09. The van der Waals surface area contributed by atoms with E-state index in [4.69, 9.17) is 4.74 Å². The van der Waals surface area contributed by atoms with Gasteiger partial charge < -0.3 is 19.8 Å². The van der Waals surface area contributed by atoms with Crippen LogP contribution in [0.15, 0.2) is 24.3 Å². The summed E-state index contributed by atoms with van der Waals surface area (Å²) in [4.78, 5) is 13.7. The first-order valence-electron chi connectivity index (χ1n) is 5.85. The number of aliphatic hydroxyl groups excluding tert-OH is 2. The standard InChI is InChI=1S/C13H17NO4/c1-18-8-9-4-2-3-5-10(9)13(17)14-6-11(15)12(16)7-14/h2-5,11-12,15-16H,6-8H2,1H3/t11-,12+. The zero-order chi connectivity index (χ0) is 13.1. The molecule has 1 amide bonds. The van der Waals surface area contributed by atoms with Gasteiger partial charge in [-0.05, 0) is 11.6 Å². The normalized spacial score (nSPS) is 23.4. The lowest BCUT2D eigenvalue weighted by Crippen LogP contribution is -2.30. The number of methoxy groups -OCH3 is 1. The van der Waals surface area contributed by atoms with Crippen LogP contribution in [-0.2, 0) is 11.3 Å². The van der Waals surface area contributed by atoms with Gasteiger partial charge in [-0.1, -0.05) is 18.2 Å². The van der Waals surface area contributed by atoms with Crippen molar-refractivity contribution in [3.63, 3.8) is 0 Å². The van der Waals surface area contributed by atoms with E-state index in [1.54, 1.807) is 19.2 Å². The lowest BCUT2D eigenvalue weighted by atomic mass is 10.1. The van der Waals surface area contributed by atoms with Crippen LogP contribution < -0.4 is 0 Å². The molecule has 1 aliphatic heterocycles. The first-order valence-corrected chi connectivity index (χ1v) is 5.85. The number of rotatable bonds is 3. The highest BCUT2D eigenvalue weighted by Crippen LogP contribution is 2.17. The van der Waals surface area contributed by atoms with Crippen molar-refractivity contribution in [2.24, 2.45) is 0 Å². The number of hydrogen-bond donors (Lipinski definition) is 2. The second kappa shape index (κ2) is 5.48. The number of ether oxygens (including phenoxy) is 1. The summed E-state index contributed by atoms with van der Waals surface area (Å²) in [5.41, 5.74) is 1.36. The Bertz CT molecular complexity index is 425. The molecule has 0 bridgehead atoms. The average Bonchev–Trinajstić information content (AvgIpc) is 2.70. The Labute approximate surface area is 106 Å². The third kappa shape index (κ3) is 2.53. The molecule has 1 heterocycles. The van der Waals surface area contributed by atoms with E-state index in [9.17, 15) is 15.0 Å². The van der Waals surface area contributed by atoms with Crippen molar-refractivity contribution >= 4 is 5.91 Å². The number of amides is 1. The highest BCUT2D eigenvalue weighted by molar-refractivity contribution is 5.95. The molecule has 98 valence electrons. The zero-order valence-corrected chi connectivity index (χ0v) is 10.2. The largest absolute Gasteiger partial charge is 0.388 e. The lowest BCUT2D eigenvalue weighted by Gasteiger charge is -2.17. The van der Waals surface area contributed by atoms with Gasteiger partial charge in [-0.15, -0.1) is 0 Å². The van der Waals surface area contributed by atoms with E-state index in [0.29, 0.717) is 12.2 Å². The van der Waals surface area contributed by atoms with Crippen molar-refractivity contribution < 1.29 is 19.7 Å². The Morgan fingerprint density at radius 3 is 2.56 bits per heavy atom. The molecule has 18 heavy (non-hydrogen) atoms. The third-order valence-electron chi connectivity index (χ3n) is 3.09. The first-order chi connectivity index (χ1) is 8.63. The van der Waals surface area contributed by atoms with E-state index in [1.807, 2.05) is 12.1 Å². The fourth-order valence-electron chi connectivity index (χ4n) is 2.12. The van der Waals surface area contributed by atoms with Crippen LogP contribution in [0.5, 0.6) is 0 Å². The number of aliphatic hydroxyl groups is 2. The van der Waals surface area contributed by atoms with Crippen LogP contribution in [0.2, 0.25) is 0 Å². The summed E-state index contributed by atoms with van der Waals surface area (Å²) in [6.45, 7) is 0.698. The molecule has 2 rings (SSSR count). The van der Waals surface area contributed by atoms with Gasteiger partial charge in [0.25, 0.3) is 5.91 Å². The highest BCUT2D eigenvalue weighted by atomic mass is 16.5. The van der Waals surface area contributed by atoms with Gasteiger partial charge >= 0.3 is 0 Å². The zero-order valence-electron chi connectivity index (χ0n) is 10.2. The van der Waals surface area contributed by atoms with Crippen molar-refractivity contribution in [3.8, 4) is 0 Å². The van der Waals surface area contributed by atoms with Crippen LogP contribution in [0.25, 0.3) is 0 Å².